The molecule has 1 aliphatic rings. The van der Waals surface area contributed by atoms with Crippen LogP contribution < -0.4 is 9.47 Å². The van der Waals surface area contributed by atoms with Gasteiger partial charge in [0.2, 0.25) is 5.91 Å². The summed E-state index contributed by atoms with van der Waals surface area (Å²) in [6.45, 7) is 1.73. The van der Waals surface area contributed by atoms with Gasteiger partial charge in [0, 0.05) is 27.9 Å². The molecule has 120 valence electrons. The highest BCUT2D eigenvalue weighted by Gasteiger charge is 2.11. The first-order valence-corrected chi connectivity index (χ1v) is 8.85. The van der Waals surface area contributed by atoms with Gasteiger partial charge in [-0.05, 0) is 45.8 Å². The van der Waals surface area contributed by atoms with E-state index < -0.39 is 0 Å². The van der Waals surface area contributed by atoms with Gasteiger partial charge in [0.1, 0.15) is 13.2 Å². The summed E-state index contributed by atoms with van der Waals surface area (Å²) in [5.41, 5.74) is 0.912. The zero-order chi connectivity index (χ0) is 16.2. The lowest BCUT2D eigenvalue weighted by molar-refractivity contribution is -0.125. The van der Waals surface area contributed by atoms with E-state index in [1.807, 2.05) is 29.6 Å². The summed E-state index contributed by atoms with van der Waals surface area (Å²) in [6, 6.07) is 7.69. The number of likely N-dealkylation sites (N-methyl/N-ethyl adjacent to an activating group) is 1. The third kappa shape index (κ3) is 4.14. The summed E-state index contributed by atoms with van der Waals surface area (Å²) < 4.78 is 12.1. The Labute approximate surface area is 147 Å². The second kappa shape index (κ2) is 7.19. The molecule has 0 N–H and O–H groups in total. The van der Waals surface area contributed by atoms with Crippen LogP contribution in [0.2, 0.25) is 0 Å². The van der Waals surface area contributed by atoms with Crippen LogP contribution >= 0.6 is 27.3 Å². The SMILES string of the molecule is CN(Cc1cc(Br)cs1)C(=O)C=Cc1ccc2c(c1)OCCO2. The van der Waals surface area contributed by atoms with Crippen LogP contribution in [0.5, 0.6) is 11.5 Å². The fraction of sp³-hybridized carbons (Fsp3) is 0.235. The van der Waals surface area contributed by atoms with Gasteiger partial charge in [-0.25, -0.2) is 0 Å². The summed E-state index contributed by atoms with van der Waals surface area (Å²) in [5, 5.41) is 2.01. The van der Waals surface area contributed by atoms with Crippen molar-refractivity contribution in [3.8, 4) is 11.5 Å². The third-order valence-corrected chi connectivity index (χ3v) is 5.06. The highest BCUT2D eigenvalue weighted by Crippen LogP contribution is 2.31. The van der Waals surface area contributed by atoms with Crippen molar-refractivity contribution in [2.45, 2.75) is 6.54 Å². The van der Waals surface area contributed by atoms with E-state index in [2.05, 4.69) is 15.9 Å². The molecule has 23 heavy (non-hydrogen) atoms. The number of halogens is 1. The minimum Gasteiger partial charge on any atom is -0.486 e. The van der Waals surface area contributed by atoms with Crippen molar-refractivity contribution in [1.29, 1.82) is 0 Å². The number of amides is 1. The normalized spacial score (nSPS) is 13.3. The van der Waals surface area contributed by atoms with Crippen LogP contribution in [0, 0.1) is 0 Å². The molecule has 0 spiro atoms. The van der Waals surface area contributed by atoms with Gasteiger partial charge < -0.3 is 14.4 Å². The first kappa shape index (κ1) is 16.1. The Morgan fingerprint density at radius 2 is 2.09 bits per heavy atom. The number of carbonyl (C=O) groups is 1. The van der Waals surface area contributed by atoms with E-state index in [0.717, 1.165) is 26.4 Å². The first-order valence-electron chi connectivity index (χ1n) is 7.17. The molecule has 4 nitrogen and oxygen atoms in total. The number of rotatable bonds is 4. The van der Waals surface area contributed by atoms with E-state index >= 15 is 0 Å². The van der Waals surface area contributed by atoms with Crippen molar-refractivity contribution < 1.29 is 14.3 Å². The maximum absolute atomic E-state index is 12.2. The summed E-state index contributed by atoms with van der Waals surface area (Å²) >= 11 is 5.05. The second-order valence-electron chi connectivity index (χ2n) is 5.16. The van der Waals surface area contributed by atoms with Gasteiger partial charge in [-0.1, -0.05) is 6.07 Å². The maximum atomic E-state index is 12.2. The lowest BCUT2D eigenvalue weighted by Crippen LogP contribution is -2.23. The highest BCUT2D eigenvalue weighted by molar-refractivity contribution is 9.10. The maximum Gasteiger partial charge on any atom is 0.246 e. The van der Waals surface area contributed by atoms with E-state index in [-0.39, 0.29) is 5.91 Å². The molecule has 0 bridgehead atoms. The number of hydrogen-bond acceptors (Lipinski definition) is 4. The predicted molar refractivity (Wildman–Crippen MR) is 95.0 cm³/mol. The predicted octanol–water partition coefficient (Wildman–Crippen LogP) is 3.95. The molecule has 0 saturated carbocycles. The van der Waals surface area contributed by atoms with E-state index in [4.69, 9.17) is 9.47 Å². The molecule has 1 aromatic carbocycles. The van der Waals surface area contributed by atoms with Gasteiger partial charge >= 0.3 is 0 Å². The molecule has 0 fully saturated rings. The number of benzene rings is 1. The van der Waals surface area contributed by atoms with E-state index in [9.17, 15) is 4.79 Å². The zero-order valence-corrected chi connectivity index (χ0v) is 15.0. The first-order chi connectivity index (χ1) is 11.1. The molecule has 1 amide bonds. The molecule has 1 aromatic heterocycles. The van der Waals surface area contributed by atoms with E-state index in [0.29, 0.717) is 19.8 Å². The second-order valence-corrected chi connectivity index (χ2v) is 7.07. The number of thiophene rings is 1. The molecule has 0 aliphatic carbocycles. The Balaban J connectivity index is 1.63. The Morgan fingerprint density at radius 1 is 1.30 bits per heavy atom. The van der Waals surface area contributed by atoms with Gasteiger partial charge in [0.25, 0.3) is 0 Å². The molecular weight excluding hydrogens is 378 g/mol. The number of nitrogens with zero attached hydrogens (tertiary/aromatic N) is 1. The van der Waals surface area contributed by atoms with Crippen LogP contribution in [-0.2, 0) is 11.3 Å². The van der Waals surface area contributed by atoms with E-state index in [1.165, 1.54) is 0 Å². The van der Waals surface area contributed by atoms with Crippen molar-refractivity contribution in [2.75, 3.05) is 20.3 Å². The van der Waals surface area contributed by atoms with Crippen LogP contribution in [0.1, 0.15) is 10.4 Å². The number of ether oxygens (including phenoxy) is 2. The van der Waals surface area contributed by atoms with Gasteiger partial charge in [-0.3, -0.25) is 4.79 Å². The lowest BCUT2D eigenvalue weighted by Gasteiger charge is -2.18. The zero-order valence-electron chi connectivity index (χ0n) is 12.6. The molecule has 2 heterocycles. The lowest BCUT2D eigenvalue weighted by atomic mass is 10.2. The third-order valence-electron chi connectivity index (χ3n) is 3.38. The minimum atomic E-state index is -0.0376. The van der Waals surface area contributed by atoms with Crippen molar-refractivity contribution >= 4 is 39.2 Å². The fourth-order valence-electron chi connectivity index (χ4n) is 2.21. The Morgan fingerprint density at radius 3 is 2.83 bits per heavy atom. The molecular formula is C17H16BrNO3S. The molecule has 0 radical (unpaired) electrons. The molecule has 6 heteroatoms. The van der Waals surface area contributed by atoms with Gasteiger partial charge in [-0.15, -0.1) is 11.3 Å². The summed E-state index contributed by atoms with van der Waals surface area (Å²) in [4.78, 5) is 15.0. The summed E-state index contributed by atoms with van der Waals surface area (Å²) in [6.07, 6.45) is 3.37. The van der Waals surface area contributed by atoms with Gasteiger partial charge in [0.15, 0.2) is 11.5 Å². The van der Waals surface area contributed by atoms with Crippen LogP contribution in [-0.4, -0.2) is 31.1 Å². The highest BCUT2D eigenvalue weighted by atomic mass is 79.9. The van der Waals surface area contributed by atoms with Crippen LogP contribution in [0.25, 0.3) is 6.08 Å². The molecule has 0 unspecified atom stereocenters. The molecule has 1 aliphatic heterocycles. The quantitative estimate of drug-likeness (QED) is 0.738. The monoisotopic (exact) mass is 393 g/mol. The number of hydrogen-bond donors (Lipinski definition) is 0. The standard InChI is InChI=1S/C17H16BrNO3S/c1-19(10-14-9-13(18)11-23-14)17(20)5-3-12-2-4-15-16(8-12)22-7-6-21-15/h2-5,8-9,11H,6-7,10H2,1H3. The molecule has 2 aromatic rings. The largest absolute Gasteiger partial charge is 0.486 e. The topological polar surface area (TPSA) is 38.8 Å². The Kier molecular flexibility index (Phi) is 5.03. The Bertz CT molecular complexity index is 741. The number of fused-ring (bicyclic) bond motifs is 1. The van der Waals surface area contributed by atoms with Gasteiger partial charge in [-0.2, -0.15) is 0 Å². The van der Waals surface area contributed by atoms with Crippen LogP contribution in [0.3, 0.4) is 0 Å². The smallest absolute Gasteiger partial charge is 0.246 e. The minimum absolute atomic E-state index is 0.0376. The summed E-state index contributed by atoms with van der Waals surface area (Å²) in [5.74, 6) is 1.44. The van der Waals surface area contributed by atoms with Crippen molar-refractivity contribution in [3.05, 3.63) is 50.6 Å². The Hall–Kier alpha value is -1.79. The van der Waals surface area contributed by atoms with Crippen LogP contribution in [0.15, 0.2) is 40.2 Å². The van der Waals surface area contributed by atoms with Crippen molar-refractivity contribution in [3.63, 3.8) is 0 Å². The van der Waals surface area contributed by atoms with Crippen molar-refractivity contribution in [2.24, 2.45) is 0 Å². The molecule has 0 atom stereocenters. The van der Waals surface area contributed by atoms with E-state index in [1.54, 1.807) is 35.4 Å². The molecule has 3 rings (SSSR count). The van der Waals surface area contributed by atoms with Crippen LogP contribution in [0.4, 0.5) is 0 Å². The van der Waals surface area contributed by atoms with Crippen molar-refractivity contribution in [1.82, 2.24) is 4.90 Å². The average molecular weight is 394 g/mol. The average Bonchev–Trinajstić information content (AvgIpc) is 2.97. The van der Waals surface area contributed by atoms with Gasteiger partial charge in [0.05, 0.1) is 6.54 Å². The fourth-order valence-corrected chi connectivity index (χ4v) is 3.71. The number of carbonyl (C=O) groups excluding carboxylic acids is 1. The molecule has 0 saturated heterocycles. The summed E-state index contributed by atoms with van der Waals surface area (Å²) in [7, 11) is 1.80.